The van der Waals surface area contributed by atoms with Gasteiger partial charge in [-0.1, -0.05) is 11.6 Å². The largest absolute Gasteiger partial charge is 0.336 e. The van der Waals surface area contributed by atoms with E-state index in [0.717, 1.165) is 35.3 Å². The molecule has 1 heterocycles. The second kappa shape index (κ2) is 6.41. The van der Waals surface area contributed by atoms with E-state index in [2.05, 4.69) is 41.3 Å². The Morgan fingerprint density at radius 3 is 2.42 bits per heavy atom. The number of hydrogen-bond acceptors (Lipinski definition) is 2. The summed E-state index contributed by atoms with van der Waals surface area (Å²) in [5.74, 6) is 0.115. The van der Waals surface area contributed by atoms with Crippen molar-refractivity contribution in [2.45, 2.75) is 19.9 Å². The minimum absolute atomic E-state index is 0.115. The second-order valence-corrected chi connectivity index (χ2v) is 6.64. The van der Waals surface area contributed by atoms with Gasteiger partial charge in [-0.05, 0) is 54.6 Å². The summed E-state index contributed by atoms with van der Waals surface area (Å²) in [7, 11) is 0. The molecule has 19 heavy (non-hydrogen) atoms. The van der Waals surface area contributed by atoms with Crippen LogP contribution < -0.4 is 0 Å². The van der Waals surface area contributed by atoms with Crippen LogP contribution in [0.2, 0.25) is 5.02 Å². The van der Waals surface area contributed by atoms with Crippen molar-refractivity contribution in [3.63, 3.8) is 0 Å². The molecule has 5 heteroatoms. The Bertz CT molecular complexity index is 471. The molecule has 0 atom stereocenters. The number of piperazine rings is 1. The minimum Gasteiger partial charge on any atom is -0.336 e. The molecule has 1 amide bonds. The molecule has 1 aliphatic rings. The van der Waals surface area contributed by atoms with Crippen LogP contribution >= 0.6 is 34.2 Å². The first-order valence-corrected chi connectivity index (χ1v) is 7.93. The third-order valence-corrected chi connectivity index (χ3v) is 4.62. The molecule has 104 valence electrons. The molecule has 2 rings (SSSR count). The fraction of sp³-hybridized carbons (Fsp3) is 0.500. The third kappa shape index (κ3) is 3.61. The van der Waals surface area contributed by atoms with Crippen molar-refractivity contribution in [2.75, 3.05) is 26.2 Å². The molecule has 1 aliphatic heterocycles. The molecule has 0 radical (unpaired) electrons. The SMILES string of the molecule is CC(C)N1CCN(C(=O)c2ccc(Cl)cc2I)CC1. The summed E-state index contributed by atoms with van der Waals surface area (Å²) in [6.07, 6.45) is 0. The predicted molar refractivity (Wildman–Crippen MR) is 86.8 cm³/mol. The first kappa shape index (κ1) is 15.1. The van der Waals surface area contributed by atoms with E-state index in [1.54, 1.807) is 6.07 Å². The van der Waals surface area contributed by atoms with E-state index < -0.39 is 0 Å². The van der Waals surface area contributed by atoms with Crippen molar-refractivity contribution in [1.82, 2.24) is 9.80 Å². The van der Waals surface area contributed by atoms with Crippen molar-refractivity contribution < 1.29 is 4.79 Å². The van der Waals surface area contributed by atoms with E-state index in [4.69, 9.17) is 11.6 Å². The summed E-state index contributed by atoms with van der Waals surface area (Å²) < 4.78 is 0.918. The predicted octanol–water partition coefficient (Wildman–Crippen LogP) is 3.11. The number of rotatable bonds is 2. The Morgan fingerprint density at radius 1 is 1.26 bits per heavy atom. The summed E-state index contributed by atoms with van der Waals surface area (Å²) in [5.41, 5.74) is 0.753. The maximum absolute atomic E-state index is 12.5. The van der Waals surface area contributed by atoms with E-state index in [0.29, 0.717) is 11.1 Å². The van der Waals surface area contributed by atoms with E-state index in [9.17, 15) is 4.79 Å². The Kier molecular flexibility index (Phi) is 5.09. The molecule has 0 N–H and O–H groups in total. The third-order valence-electron chi connectivity index (χ3n) is 3.49. The summed E-state index contributed by atoms with van der Waals surface area (Å²) in [6.45, 7) is 7.89. The molecule has 1 aromatic carbocycles. The van der Waals surface area contributed by atoms with Gasteiger partial charge in [-0.3, -0.25) is 9.69 Å². The Hall–Kier alpha value is -0.330. The van der Waals surface area contributed by atoms with Gasteiger partial charge in [0.15, 0.2) is 0 Å². The van der Waals surface area contributed by atoms with Crippen LogP contribution in [0.4, 0.5) is 0 Å². The van der Waals surface area contributed by atoms with Gasteiger partial charge in [0.05, 0.1) is 5.56 Å². The van der Waals surface area contributed by atoms with Gasteiger partial charge < -0.3 is 4.90 Å². The fourth-order valence-electron chi connectivity index (χ4n) is 2.27. The van der Waals surface area contributed by atoms with Gasteiger partial charge in [-0.2, -0.15) is 0 Å². The monoisotopic (exact) mass is 392 g/mol. The molecule has 0 spiro atoms. The zero-order valence-corrected chi connectivity index (χ0v) is 14.1. The molecule has 1 fully saturated rings. The Balaban J connectivity index is 2.05. The fourth-order valence-corrected chi connectivity index (χ4v) is 3.38. The zero-order chi connectivity index (χ0) is 14.0. The lowest BCUT2D eigenvalue weighted by Gasteiger charge is -2.37. The van der Waals surface area contributed by atoms with Crippen molar-refractivity contribution >= 4 is 40.1 Å². The van der Waals surface area contributed by atoms with Gasteiger partial charge in [0, 0.05) is 40.8 Å². The van der Waals surface area contributed by atoms with Crippen LogP contribution in [0, 0.1) is 3.57 Å². The lowest BCUT2D eigenvalue weighted by atomic mass is 10.1. The van der Waals surface area contributed by atoms with Crippen LogP contribution in [0.5, 0.6) is 0 Å². The van der Waals surface area contributed by atoms with Gasteiger partial charge in [-0.15, -0.1) is 0 Å². The van der Waals surface area contributed by atoms with Crippen molar-refractivity contribution in [3.8, 4) is 0 Å². The summed E-state index contributed by atoms with van der Waals surface area (Å²) >= 11 is 8.09. The minimum atomic E-state index is 0.115. The number of amides is 1. The van der Waals surface area contributed by atoms with Crippen LogP contribution in [0.15, 0.2) is 18.2 Å². The molecular formula is C14H18ClIN2O. The highest BCUT2D eigenvalue weighted by molar-refractivity contribution is 14.1. The average Bonchev–Trinajstić information content (AvgIpc) is 2.38. The molecule has 1 saturated heterocycles. The Labute approximate surface area is 133 Å². The number of benzene rings is 1. The standard InChI is InChI=1S/C14H18ClIN2O/c1-10(2)17-5-7-18(8-6-17)14(19)12-4-3-11(15)9-13(12)16/h3-4,9-10H,5-8H2,1-2H3. The maximum atomic E-state index is 12.5. The van der Waals surface area contributed by atoms with E-state index in [1.807, 2.05) is 17.0 Å². The molecule has 0 aliphatic carbocycles. The lowest BCUT2D eigenvalue weighted by molar-refractivity contribution is 0.0594. The topological polar surface area (TPSA) is 23.6 Å². The van der Waals surface area contributed by atoms with Gasteiger partial charge in [0.2, 0.25) is 0 Å². The molecule has 0 unspecified atom stereocenters. The van der Waals surface area contributed by atoms with Crippen molar-refractivity contribution in [3.05, 3.63) is 32.4 Å². The van der Waals surface area contributed by atoms with Gasteiger partial charge in [-0.25, -0.2) is 0 Å². The van der Waals surface area contributed by atoms with Gasteiger partial charge in [0.25, 0.3) is 5.91 Å². The molecule has 0 saturated carbocycles. The average molecular weight is 393 g/mol. The molecule has 3 nitrogen and oxygen atoms in total. The first-order valence-electron chi connectivity index (χ1n) is 6.47. The first-order chi connectivity index (χ1) is 8.99. The van der Waals surface area contributed by atoms with Crippen LogP contribution in [-0.2, 0) is 0 Å². The molecule has 0 aromatic heterocycles. The van der Waals surface area contributed by atoms with Crippen LogP contribution in [-0.4, -0.2) is 47.9 Å². The quantitative estimate of drug-likeness (QED) is 0.722. The van der Waals surface area contributed by atoms with Crippen LogP contribution in [0.25, 0.3) is 0 Å². The highest BCUT2D eigenvalue weighted by atomic mass is 127. The highest BCUT2D eigenvalue weighted by Gasteiger charge is 2.24. The normalized spacial score (nSPS) is 17.0. The van der Waals surface area contributed by atoms with Crippen LogP contribution in [0.1, 0.15) is 24.2 Å². The van der Waals surface area contributed by atoms with Gasteiger partial charge >= 0.3 is 0 Å². The van der Waals surface area contributed by atoms with E-state index >= 15 is 0 Å². The maximum Gasteiger partial charge on any atom is 0.255 e. The highest BCUT2D eigenvalue weighted by Crippen LogP contribution is 2.20. The van der Waals surface area contributed by atoms with E-state index in [1.165, 1.54) is 0 Å². The molecule has 0 bridgehead atoms. The number of halogens is 2. The zero-order valence-electron chi connectivity index (χ0n) is 11.2. The van der Waals surface area contributed by atoms with Crippen molar-refractivity contribution in [1.29, 1.82) is 0 Å². The van der Waals surface area contributed by atoms with E-state index in [-0.39, 0.29) is 5.91 Å². The Morgan fingerprint density at radius 2 is 1.89 bits per heavy atom. The number of carbonyl (C=O) groups excluding carboxylic acids is 1. The van der Waals surface area contributed by atoms with Crippen LogP contribution in [0.3, 0.4) is 0 Å². The number of nitrogens with zero attached hydrogens (tertiary/aromatic N) is 2. The number of carbonyl (C=O) groups is 1. The summed E-state index contributed by atoms with van der Waals surface area (Å²) in [5, 5.41) is 0.672. The van der Waals surface area contributed by atoms with Gasteiger partial charge in [0.1, 0.15) is 0 Å². The lowest BCUT2D eigenvalue weighted by Crippen LogP contribution is -2.50. The summed E-state index contributed by atoms with van der Waals surface area (Å²) in [4.78, 5) is 16.8. The number of hydrogen-bond donors (Lipinski definition) is 0. The molecule has 1 aromatic rings. The second-order valence-electron chi connectivity index (χ2n) is 5.05. The molecular weight excluding hydrogens is 375 g/mol. The summed E-state index contributed by atoms with van der Waals surface area (Å²) in [6, 6.07) is 5.98. The smallest absolute Gasteiger partial charge is 0.255 e. The van der Waals surface area contributed by atoms with Crippen molar-refractivity contribution in [2.24, 2.45) is 0 Å².